The van der Waals surface area contributed by atoms with Crippen LogP contribution in [0.1, 0.15) is 13.8 Å². The predicted molar refractivity (Wildman–Crippen MR) is 112 cm³/mol. The SMILES string of the molecule is C=C(C)CN1C(=O)C(C)SC1=NN=C1SC(OP(=O)(OC)N(C)C)C(=O)N1C. The number of thioether (sulfide) groups is 2. The van der Waals surface area contributed by atoms with Crippen LogP contribution in [0.4, 0.5) is 0 Å². The van der Waals surface area contributed by atoms with Gasteiger partial charge in [-0.2, -0.15) is 0 Å². The number of rotatable bonds is 7. The zero-order valence-corrected chi connectivity index (χ0v) is 19.1. The summed E-state index contributed by atoms with van der Waals surface area (Å²) in [5.74, 6) is -0.492. The van der Waals surface area contributed by atoms with Crippen LogP contribution in [-0.4, -0.2) is 82.1 Å². The fourth-order valence-corrected chi connectivity index (χ4v) is 5.35. The molecule has 2 fully saturated rings. The van der Waals surface area contributed by atoms with Crippen LogP contribution in [0.25, 0.3) is 0 Å². The number of hydrogen-bond donors (Lipinski definition) is 0. The van der Waals surface area contributed by atoms with E-state index in [0.29, 0.717) is 11.7 Å². The average Bonchev–Trinajstić information content (AvgIpc) is 3.04. The van der Waals surface area contributed by atoms with E-state index in [1.165, 1.54) is 54.5 Å². The van der Waals surface area contributed by atoms with E-state index in [1.54, 1.807) is 6.92 Å². The van der Waals surface area contributed by atoms with Gasteiger partial charge in [-0.25, -0.2) is 9.24 Å². The molecule has 0 saturated carbocycles. The molecular formula is C15H24N5O5PS2. The molecule has 2 saturated heterocycles. The molecule has 0 N–H and O–H groups in total. The summed E-state index contributed by atoms with van der Waals surface area (Å²) in [4.78, 5) is 27.5. The van der Waals surface area contributed by atoms with Gasteiger partial charge in [-0.1, -0.05) is 23.9 Å². The highest BCUT2D eigenvalue weighted by molar-refractivity contribution is 8.16. The topological polar surface area (TPSA) is 104 Å². The van der Waals surface area contributed by atoms with Crippen LogP contribution in [0.3, 0.4) is 0 Å². The van der Waals surface area contributed by atoms with E-state index < -0.39 is 19.1 Å². The third-order valence-corrected chi connectivity index (χ3v) is 7.96. The van der Waals surface area contributed by atoms with Crippen LogP contribution >= 0.6 is 31.3 Å². The molecule has 0 aromatic rings. The van der Waals surface area contributed by atoms with Crippen LogP contribution in [0.2, 0.25) is 0 Å². The zero-order chi connectivity index (χ0) is 21.2. The van der Waals surface area contributed by atoms with E-state index in [-0.39, 0.29) is 16.3 Å². The molecule has 2 rings (SSSR count). The van der Waals surface area contributed by atoms with Crippen molar-refractivity contribution < 1.29 is 23.2 Å². The largest absolute Gasteiger partial charge is 0.408 e. The number of carbonyl (C=O) groups is 2. The maximum absolute atomic E-state index is 12.6. The van der Waals surface area contributed by atoms with Crippen LogP contribution in [0.5, 0.6) is 0 Å². The minimum atomic E-state index is -3.59. The lowest BCUT2D eigenvalue weighted by molar-refractivity contribution is -0.129. The third-order valence-electron chi connectivity index (χ3n) is 3.76. The number of likely N-dealkylation sites (N-methyl/N-ethyl adjacent to an activating group) is 1. The summed E-state index contributed by atoms with van der Waals surface area (Å²) in [6.45, 7) is 7.80. The molecule has 0 spiro atoms. The van der Waals surface area contributed by atoms with Crippen molar-refractivity contribution in [3.8, 4) is 0 Å². The van der Waals surface area contributed by atoms with Crippen molar-refractivity contribution in [2.45, 2.75) is 24.5 Å². The molecule has 0 bridgehead atoms. The molecule has 2 amide bonds. The van der Waals surface area contributed by atoms with Crippen LogP contribution in [0.15, 0.2) is 22.4 Å². The van der Waals surface area contributed by atoms with E-state index >= 15 is 0 Å². The van der Waals surface area contributed by atoms with Gasteiger partial charge in [0.05, 0.1) is 5.25 Å². The Morgan fingerprint density at radius 2 is 1.86 bits per heavy atom. The highest BCUT2D eigenvalue weighted by atomic mass is 32.2. The predicted octanol–water partition coefficient (Wildman–Crippen LogP) is 2.02. The maximum Gasteiger partial charge on any atom is 0.408 e. The molecule has 3 unspecified atom stereocenters. The first-order chi connectivity index (χ1) is 13.0. The van der Waals surface area contributed by atoms with E-state index in [9.17, 15) is 14.2 Å². The molecule has 0 radical (unpaired) electrons. The first-order valence-electron chi connectivity index (χ1n) is 8.24. The van der Waals surface area contributed by atoms with Crippen LogP contribution < -0.4 is 0 Å². The molecular weight excluding hydrogens is 425 g/mol. The summed E-state index contributed by atoms with van der Waals surface area (Å²) in [5, 5.41) is 8.72. The lowest BCUT2D eigenvalue weighted by atomic mass is 10.3. The minimum absolute atomic E-state index is 0.0660. The summed E-state index contributed by atoms with van der Waals surface area (Å²) in [6, 6.07) is 0. The van der Waals surface area contributed by atoms with Gasteiger partial charge in [0.15, 0.2) is 15.8 Å². The quantitative estimate of drug-likeness (QED) is 0.330. The third kappa shape index (κ3) is 4.87. The lowest BCUT2D eigenvalue weighted by Gasteiger charge is -2.23. The number of carbonyl (C=O) groups excluding carboxylic acids is 2. The van der Waals surface area contributed by atoms with Crippen LogP contribution in [0, 0.1) is 0 Å². The molecule has 13 heteroatoms. The molecule has 0 aromatic heterocycles. The van der Waals surface area contributed by atoms with Crippen molar-refractivity contribution in [1.82, 2.24) is 14.5 Å². The molecule has 10 nitrogen and oxygen atoms in total. The Kier molecular flexibility index (Phi) is 7.51. The minimum Gasteiger partial charge on any atom is -0.300 e. The second-order valence-electron chi connectivity index (χ2n) is 6.36. The monoisotopic (exact) mass is 449 g/mol. The lowest BCUT2D eigenvalue weighted by Crippen LogP contribution is -2.32. The van der Waals surface area contributed by atoms with E-state index in [4.69, 9.17) is 9.05 Å². The molecule has 0 aliphatic carbocycles. The van der Waals surface area contributed by atoms with Crippen LogP contribution in [-0.2, 0) is 23.2 Å². The fourth-order valence-electron chi connectivity index (χ4n) is 2.22. The Morgan fingerprint density at radius 1 is 1.25 bits per heavy atom. The van der Waals surface area contributed by atoms with Crippen molar-refractivity contribution in [2.75, 3.05) is 34.8 Å². The van der Waals surface area contributed by atoms with Gasteiger partial charge >= 0.3 is 7.75 Å². The molecule has 2 aliphatic heterocycles. The van der Waals surface area contributed by atoms with Crippen molar-refractivity contribution >= 4 is 53.4 Å². The second kappa shape index (κ2) is 9.10. The molecule has 28 heavy (non-hydrogen) atoms. The highest BCUT2D eigenvalue weighted by Crippen LogP contribution is 2.52. The average molecular weight is 449 g/mol. The standard InChI is InChI=1S/C15H24N5O5PS2/c1-9(2)8-20-11(21)10(3)27-15(20)17-16-14-19(6)12(22)13(28-14)25-26(23,24-7)18(4)5/h10,13H,1,8H2,2-7H3. The molecule has 2 aliphatic rings. The first kappa shape index (κ1) is 23.1. The van der Waals surface area contributed by atoms with Gasteiger partial charge < -0.3 is 0 Å². The Bertz CT molecular complexity index is 787. The van der Waals surface area contributed by atoms with E-state index in [0.717, 1.165) is 17.3 Å². The summed E-state index contributed by atoms with van der Waals surface area (Å²) in [6.07, 6.45) is 0. The van der Waals surface area contributed by atoms with E-state index in [2.05, 4.69) is 16.8 Å². The van der Waals surface area contributed by atoms with E-state index in [1.807, 2.05) is 6.92 Å². The van der Waals surface area contributed by atoms with Crippen molar-refractivity contribution in [3.05, 3.63) is 12.2 Å². The van der Waals surface area contributed by atoms with Gasteiger partial charge in [-0.3, -0.25) is 28.4 Å². The smallest absolute Gasteiger partial charge is 0.300 e. The molecule has 0 aromatic carbocycles. The Hall–Kier alpha value is -1.17. The summed E-state index contributed by atoms with van der Waals surface area (Å²) in [7, 11) is 2.25. The van der Waals surface area contributed by atoms with Gasteiger partial charge in [0.2, 0.25) is 5.91 Å². The van der Waals surface area contributed by atoms with Crippen molar-refractivity contribution in [3.63, 3.8) is 0 Å². The molecule has 156 valence electrons. The number of hydrogen-bond acceptors (Lipinski definition) is 9. The van der Waals surface area contributed by atoms with Gasteiger partial charge in [0.25, 0.3) is 5.91 Å². The first-order valence-corrected chi connectivity index (χ1v) is 11.5. The second-order valence-corrected chi connectivity index (χ2v) is 11.0. The van der Waals surface area contributed by atoms with Gasteiger partial charge in [-0.15, -0.1) is 10.2 Å². The zero-order valence-electron chi connectivity index (χ0n) is 16.6. The van der Waals surface area contributed by atoms with Gasteiger partial charge in [0, 0.05) is 20.7 Å². The molecule has 3 atom stereocenters. The Labute approximate surface area is 173 Å². The summed E-state index contributed by atoms with van der Waals surface area (Å²) < 4.78 is 24.2. The molecule has 2 heterocycles. The Morgan fingerprint density at radius 3 is 2.39 bits per heavy atom. The maximum atomic E-state index is 12.6. The van der Waals surface area contributed by atoms with Gasteiger partial charge in [0.1, 0.15) is 0 Å². The van der Waals surface area contributed by atoms with Crippen molar-refractivity contribution in [1.29, 1.82) is 0 Å². The fraction of sp³-hybridized carbons (Fsp3) is 0.600. The highest BCUT2D eigenvalue weighted by Gasteiger charge is 2.43. The number of amides is 2. The summed E-state index contributed by atoms with van der Waals surface area (Å²) in [5.41, 5.74) is -0.251. The summed E-state index contributed by atoms with van der Waals surface area (Å²) >= 11 is 2.27. The number of nitrogens with zero attached hydrogens (tertiary/aromatic N) is 5. The normalized spacial score (nSPS) is 28.1. The Balaban J connectivity index is 2.21. The number of amidine groups is 2. The van der Waals surface area contributed by atoms with Gasteiger partial charge in [-0.05, 0) is 39.7 Å². The van der Waals surface area contributed by atoms with Crippen molar-refractivity contribution in [2.24, 2.45) is 10.2 Å².